The number of carboxylic acid groups (broad SMARTS) is 1. The van der Waals surface area contributed by atoms with Crippen LogP contribution in [0.2, 0.25) is 0 Å². The first-order valence-corrected chi connectivity index (χ1v) is 8.66. The molecule has 0 atom stereocenters. The lowest BCUT2D eigenvalue weighted by Gasteiger charge is -2.10. The molecule has 2 aromatic rings. The summed E-state index contributed by atoms with van der Waals surface area (Å²) < 4.78 is 27.2. The zero-order valence-corrected chi connectivity index (χ0v) is 14.1. The van der Waals surface area contributed by atoms with E-state index in [1.165, 1.54) is 43.3 Å². The summed E-state index contributed by atoms with van der Waals surface area (Å²) in [4.78, 5) is 21.6. The van der Waals surface area contributed by atoms with E-state index >= 15 is 0 Å². The number of hydrogen-bond acceptors (Lipinski definition) is 4. The third-order valence-electron chi connectivity index (χ3n) is 3.04. The molecule has 0 fully saturated rings. The summed E-state index contributed by atoms with van der Waals surface area (Å²) in [6.07, 6.45) is 2.33. The Bertz CT molecular complexity index is 918. The largest absolute Gasteiger partial charge is 0.478 e. The molecule has 0 saturated heterocycles. The standard InChI is InChI=1S/C17H16N2O5S/c1-12(20)18-14-3-2-4-15(11-14)19-25(23,24)16-8-5-13(6-9-16)7-10-17(21)22/h2-11,19H,1H3,(H,18,20)(H,21,22)/b10-7+. The third-order valence-corrected chi connectivity index (χ3v) is 4.44. The highest BCUT2D eigenvalue weighted by atomic mass is 32.2. The number of carboxylic acids is 1. The monoisotopic (exact) mass is 360 g/mol. The zero-order chi connectivity index (χ0) is 18.4. The number of carbonyl (C=O) groups is 2. The van der Waals surface area contributed by atoms with Gasteiger partial charge in [-0.2, -0.15) is 0 Å². The molecule has 0 aliphatic carbocycles. The van der Waals surface area contributed by atoms with Crippen molar-refractivity contribution in [1.29, 1.82) is 0 Å². The number of aliphatic carboxylic acids is 1. The Morgan fingerprint density at radius 2 is 1.68 bits per heavy atom. The molecule has 0 bridgehead atoms. The smallest absolute Gasteiger partial charge is 0.328 e. The maximum Gasteiger partial charge on any atom is 0.328 e. The van der Waals surface area contributed by atoms with Crippen LogP contribution in [0.3, 0.4) is 0 Å². The van der Waals surface area contributed by atoms with Crippen LogP contribution in [-0.2, 0) is 19.6 Å². The van der Waals surface area contributed by atoms with E-state index in [4.69, 9.17) is 5.11 Å². The molecule has 0 aliphatic heterocycles. The molecule has 2 aromatic carbocycles. The van der Waals surface area contributed by atoms with Crippen LogP contribution < -0.4 is 10.0 Å². The molecule has 1 amide bonds. The van der Waals surface area contributed by atoms with Gasteiger partial charge in [0.2, 0.25) is 5.91 Å². The Kier molecular flexibility index (Phi) is 5.56. The van der Waals surface area contributed by atoms with Crippen molar-refractivity contribution in [3.63, 3.8) is 0 Å². The number of nitrogens with one attached hydrogen (secondary N) is 2. The number of amides is 1. The van der Waals surface area contributed by atoms with Crippen molar-refractivity contribution >= 4 is 39.4 Å². The van der Waals surface area contributed by atoms with Gasteiger partial charge in [0, 0.05) is 18.7 Å². The van der Waals surface area contributed by atoms with Crippen molar-refractivity contribution in [1.82, 2.24) is 0 Å². The van der Waals surface area contributed by atoms with Crippen LogP contribution in [0, 0.1) is 0 Å². The molecule has 0 radical (unpaired) electrons. The number of benzene rings is 2. The van der Waals surface area contributed by atoms with Gasteiger partial charge in [-0.25, -0.2) is 13.2 Å². The Balaban J connectivity index is 2.19. The highest BCUT2D eigenvalue weighted by Gasteiger charge is 2.14. The van der Waals surface area contributed by atoms with Gasteiger partial charge in [0.15, 0.2) is 0 Å². The number of carbonyl (C=O) groups excluding carboxylic acids is 1. The molecule has 0 aromatic heterocycles. The first kappa shape index (κ1) is 18.2. The molecule has 7 nitrogen and oxygen atoms in total. The van der Waals surface area contributed by atoms with Crippen molar-refractivity contribution in [2.45, 2.75) is 11.8 Å². The lowest BCUT2D eigenvalue weighted by atomic mass is 10.2. The molecule has 0 unspecified atom stereocenters. The van der Waals surface area contributed by atoms with Crippen LogP contribution in [-0.4, -0.2) is 25.4 Å². The maximum atomic E-state index is 12.4. The fourth-order valence-corrected chi connectivity index (χ4v) is 3.05. The lowest BCUT2D eigenvalue weighted by molar-refractivity contribution is -0.131. The predicted molar refractivity (Wildman–Crippen MR) is 94.7 cm³/mol. The molecule has 25 heavy (non-hydrogen) atoms. The Hall–Kier alpha value is -3.13. The minimum absolute atomic E-state index is 0.0323. The summed E-state index contributed by atoms with van der Waals surface area (Å²) in [6, 6.07) is 12.1. The van der Waals surface area contributed by atoms with Gasteiger partial charge in [-0.15, -0.1) is 0 Å². The average molecular weight is 360 g/mol. The second-order valence-corrected chi connectivity index (χ2v) is 6.79. The molecule has 0 spiro atoms. The molecule has 130 valence electrons. The first-order chi connectivity index (χ1) is 11.8. The summed E-state index contributed by atoms with van der Waals surface area (Å²) in [7, 11) is -3.81. The normalized spacial score (nSPS) is 11.2. The molecule has 0 heterocycles. The lowest BCUT2D eigenvalue weighted by Crippen LogP contribution is -2.13. The van der Waals surface area contributed by atoms with E-state index in [9.17, 15) is 18.0 Å². The predicted octanol–water partition coefficient (Wildman–Crippen LogP) is 2.54. The highest BCUT2D eigenvalue weighted by Crippen LogP contribution is 2.20. The quantitative estimate of drug-likeness (QED) is 0.685. The van der Waals surface area contributed by atoms with Gasteiger partial charge in [-0.05, 0) is 42.0 Å². The van der Waals surface area contributed by atoms with Gasteiger partial charge in [-0.1, -0.05) is 18.2 Å². The average Bonchev–Trinajstić information content (AvgIpc) is 2.52. The summed E-state index contributed by atoms with van der Waals surface area (Å²) in [6.45, 7) is 1.36. The van der Waals surface area contributed by atoms with Crippen molar-refractivity contribution in [2.75, 3.05) is 10.0 Å². The number of sulfonamides is 1. The van der Waals surface area contributed by atoms with Crippen LogP contribution in [0.4, 0.5) is 11.4 Å². The molecule has 0 aliphatic rings. The second-order valence-electron chi connectivity index (χ2n) is 5.11. The van der Waals surface area contributed by atoms with Crippen molar-refractivity contribution < 1.29 is 23.1 Å². The Labute approximate surface area is 145 Å². The molecule has 2 rings (SSSR count). The summed E-state index contributed by atoms with van der Waals surface area (Å²) in [5.74, 6) is -1.34. The van der Waals surface area contributed by atoms with Crippen LogP contribution in [0.5, 0.6) is 0 Å². The summed E-state index contributed by atoms with van der Waals surface area (Å²) in [5, 5.41) is 11.2. The summed E-state index contributed by atoms with van der Waals surface area (Å²) in [5.41, 5.74) is 1.34. The highest BCUT2D eigenvalue weighted by molar-refractivity contribution is 7.92. The minimum atomic E-state index is -3.81. The topological polar surface area (TPSA) is 113 Å². The SMILES string of the molecule is CC(=O)Nc1cccc(NS(=O)(=O)c2ccc(/C=C/C(=O)O)cc2)c1. The van der Waals surface area contributed by atoms with Gasteiger partial charge in [0.25, 0.3) is 10.0 Å². The van der Waals surface area contributed by atoms with Crippen LogP contribution in [0.1, 0.15) is 12.5 Å². The van der Waals surface area contributed by atoms with E-state index in [2.05, 4.69) is 10.0 Å². The van der Waals surface area contributed by atoms with E-state index in [-0.39, 0.29) is 10.8 Å². The Morgan fingerprint density at radius 1 is 1.04 bits per heavy atom. The molecular formula is C17H16N2O5S. The van der Waals surface area contributed by atoms with E-state index in [1.807, 2.05) is 0 Å². The van der Waals surface area contributed by atoms with E-state index in [0.29, 0.717) is 16.9 Å². The minimum Gasteiger partial charge on any atom is -0.478 e. The van der Waals surface area contributed by atoms with E-state index in [0.717, 1.165) is 6.08 Å². The van der Waals surface area contributed by atoms with Gasteiger partial charge in [-0.3, -0.25) is 9.52 Å². The zero-order valence-electron chi connectivity index (χ0n) is 13.3. The third kappa shape index (κ3) is 5.47. The second kappa shape index (κ2) is 7.63. The van der Waals surface area contributed by atoms with Crippen LogP contribution in [0.25, 0.3) is 6.08 Å². The van der Waals surface area contributed by atoms with Crippen molar-refractivity contribution in [3.8, 4) is 0 Å². The van der Waals surface area contributed by atoms with Crippen molar-refractivity contribution in [3.05, 3.63) is 60.2 Å². The van der Waals surface area contributed by atoms with Gasteiger partial charge in [0.05, 0.1) is 10.6 Å². The van der Waals surface area contributed by atoms with Gasteiger partial charge < -0.3 is 10.4 Å². The van der Waals surface area contributed by atoms with E-state index in [1.54, 1.807) is 18.2 Å². The molecule has 0 saturated carbocycles. The molecule has 8 heteroatoms. The molecular weight excluding hydrogens is 344 g/mol. The van der Waals surface area contributed by atoms with Gasteiger partial charge >= 0.3 is 5.97 Å². The fraction of sp³-hybridized carbons (Fsp3) is 0.0588. The van der Waals surface area contributed by atoms with Gasteiger partial charge in [0.1, 0.15) is 0 Å². The van der Waals surface area contributed by atoms with Crippen LogP contribution >= 0.6 is 0 Å². The summed E-state index contributed by atoms with van der Waals surface area (Å²) >= 11 is 0. The number of anilines is 2. The fourth-order valence-electron chi connectivity index (χ4n) is 2.00. The van der Waals surface area contributed by atoms with E-state index < -0.39 is 16.0 Å². The Morgan fingerprint density at radius 3 is 2.28 bits per heavy atom. The van der Waals surface area contributed by atoms with Crippen LogP contribution in [0.15, 0.2) is 59.5 Å². The maximum absolute atomic E-state index is 12.4. The molecule has 3 N–H and O–H groups in total. The first-order valence-electron chi connectivity index (χ1n) is 7.18. The number of rotatable bonds is 6. The number of hydrogen-bond donors (Lipinski definition) is 3. The van der Waals surface area contributed by atoms with Crippen molar-refractivity contribution in [2.24, 2.45) is 0 Å².